The van der Waals surface area contributed by atoms with Gasteiger partial charge in [0.15, 0.2) is 0 Å². The van der Waals surface area contributed by atoms with Crippen molar-refractivity contribution in [2.45, 2.75) is 11.3 Å². The van der Waals surface area contributed by atoms with Gasteiger partial charge in [0.05, 0.1) is 0 Å². The molecule has 0 saturated heterocycles. The highest BCUT2D eigenvalue weighted by Crippen LogP contribution is 2.21. The lowest BCUT2D eigenvalue weighted by Gasteiger charge is -2.02. The number of thioether (sulfide) groups is 1. The van der Waals surface area contributed by atoms with E-state index in [9.17, 15) is 0 Å². The molecule has 3 heteroatoms. The van der Waals surface area contributed by atoms with E-state index in [2.05, 4.69) is 57.3 Å². The fourth-order valence-corrected chi connectivity index (χ4v) is 2.53. The zero-order valence-corrected chi connectivity index (χ0v) is 11.2. The second-order valence-corrected chi connectivity index (χ2v) is 5.49. The van der Waals surface area contributed by atoms with Crippen molar-refractivity contribution in [2.24, 2.45) is 0 Å². The van der Waals surface area contributed by atoms with Gasteiger partial charge >= 0.3 is 0 Å². The molecule has 0 atom stereocenters. The van der Waals surface area contributed by atoms with E-state index < -0.39 is 0 Å². The van der Waals surface area contributed by atoms with E-state index in [0.29, 0.717) is 0 Å². The Morgan fingerprint density at radius 1 is 1.00 bits per heavy atom. The molecule has 0 radical (unpaired) electrons. The van der Waals surface area contributed by atoms with Gasteiger partial charge < -0.3 is 0 Å². The van der Waals surface area contributed by atoms with Crippen molar-refractivity contribution >= 4 is 27.7 Å². The van der Waals surface area contributed by atoms with Crippen molar-refractivity contribution in [3.05, 3.63) is 58.8 Å². The van der Waals surface area contributed by atoms with Crippen LogP contribution in [0.2, 0.25) is 0 Å². The van der Waals surface area contributed by atoms with Crippen LogP contribution in [0.5, 0.6) is 0 Å². The van der Waals surface area contributed by atoms with Gasteiger partial charge in [-0.2, -0.15) is 0 Å². The summed E-state index contributed by atoms with van der Waals surface area (Å²) < 4.78 is 1.13. The highest BCUT2D eigenvalue weighted by Gasteiger charge is 1.95. The first kappa shape index (κ1) is 11.7. The number of pyridine rings is 1. The van der Waals surface area contributed by atoms with Gasteiger partial charge in [0.1, 0.15) is 0 Å². The lowest BCUT2D eigenvalue weighted by Crippen LogP contribution is -1.88. The lowest BCUT2D eigenvalue weighted by atomic mass is 10.2. The van der Waals surface area contributed by atoms with Crippen molar-refractivity contribution in [3.8, 4) is 0 Å². The van der Waals surface area contributed by atoms with E-state index >= 15 is 0 Å². The van der Waals surface area contributed by atoms with E-state index in [1.165, 1.54) is 10.5 Å². The fraction of sp³-hybridized carbons (Fsp3) is 0.154. The lowest BCUT2D eigenvalue weighted by molar-refractivity contribution is 1.13. The summed E-state index contributed by atoms with van der Waals surface area (Å²) in [5.74, 6) is 1.10. The molecule has 0 N–H and O–H groups in total. The minimum atomic E-state index is 1.09. The van der Waals surface area contributed by atoms with Crippen LogP contribution < -0.4 is 0 Å². The predicted molar refractivity (Wildman–Crippen MR) is 72.8 cm³/mol. The quantitative estimate of drug-likeness (QED) is 0.785. The van der Waals surface area contributed by atoms with Crippen molar-refractivity contribution in [3.63, 3.8) is 0 Å². The fourth-order valence-electron chi connectivity index (χ4n) is 1.37. The average molecular weight is 294 g/mol. The highest BCUT2D eigenvalue weighted by molar-refractivity contribution is 9.10. The maximum atomic E-state index is 4.01. The third-order valence-electron chi connectivity index (χ3n) is 2.22. The van der Waals surface area contributed by atoms with Gasteiger partial charge in [0.2, 0.25) is 0 Å². The van der Waals surface area contributed by atoms with Crippen molar-refractivity contribution in [1.29, 1.82) is 0 Å². The van der Waals surface area contributed by atoms with E-state index in [-0.39, 0.29) is 0 Å². The van der Waals surface area contributed by atoms with E-state index in [1.807, 2.05) is 24.2 Å². The molecular formula is C13H12BrNS. The molecule has 2 rings (SSSR count). The van der Waals surface area contributed by atoms with Crippen LogP contribution >= 0.6 is 27.7 Å². The number of hydrogen-bond donors (Lipinski definition) is 0. The molecule has 0 aliphatic carbocycles. The van der Waals surface area contributed by atoms with Crippen LogP contribution in [0.1, 0.15) is 5.56 Å². The first-order chi connectivity index (χ1) is 7.84. The Hall–Kier alpha value is -0.800. The Morgan fingerprint density at radius 2 is 1.69 bits per heavy atom. The number of benzene rings is 1. The summed E-state index contributed by atoms with van der Waals surface area (Å²) in [5.41, 5.74) is 1.35. The molecule has 0 spiro atoms. The van der Waals surface area contributed by atoms with E-state index in [1.54, 1.807) is 0 Å². The van der Waals surface area contributed by atoms with Crippen LogP contribution in [0.15, 0.2) is 58.2 Å². The molecule has 0 bridgehead atoms. The third-order valence-corrected chi connectivity index (χ3v) is 3.76. The summed E-state index contributed by atoms with van der Waals surface area (Å²) in [7, 11) is 0. The van der Waals surface area contributed by atoms with Crippen molar-refractivity contribution < 1.29 is 0 Å². The van der Waals surface area contributed by atoms with E-state index in [4.69, 9.17) is 0 Å². The third kappa shape index (κ3) is 3.65. The van der Waals surface area contributed by atoms with Crippen LogP contribution in [-0.4, -0.2) is 10.7 Å². The Bertz CT molecular complexity index is 427. The summed E-state index contributed by atoms with van der Waals surface area (Å²) in [6.07, 6.45) is 4.78. The van der Waals surface area contributed by atoms with Crippen molar-refractivity contribution in [1.82, 2.24) is 4.98 Å². The number of nitrogens with zero attached hydrogens (tertiary/aromatic N) is 1. The predicted octanol–water partition coefficient (Wildman–Crippen LogP) is 4.18. The zero-order chi connectivity index (χ0) is 11.2. The van der Waals surface area contributed by atoms with Gasteiger partial charge in [-0.05, 0) is 48.4 Å². The molecule has 0 saturated carbocycles. The highest BCUT2D eigenvalue weighted by atomic mass is 79.9. The Labute approximate surface area is 108 Å². The number of hydrogen-bond acceptors (Lipinski definition) is 2. The minimum Gasteiger partial charge on any atom is -0.265 e. The van der Waals surface area contributed by atoms with Crippen LogP contribution in [0, 0.1) is 0 Å². The van der Waals surface area contributed by atoms with E-state index in [0.717, 1.165) is 16.6 Å². The number of halogens is 1. The molecule has 16 heavy (non-hydrogen) atoms. The summed E-state index contributed by atoms with van der Waals surface area (Å²) in [6.45, 7) is 0. The van der Waals surface area contributed by atoms with Crippen LogP contribution in [0.3, 0.4) is 0 Å². The number of aromatic nitrogens is 1. The Morgan fingerprint density at radius 3 is 2.38 bits per heavy atom. The van der Waals surface area contributed by atoms with Gasteiger partial charge in [-0.25, -0.2) is 0 Å². The second-order valence-electron chi connectivity index (χ2n) is 3.41. The van der Waals surface area contributed by atoms with Crippen LogP contribution in [0.4, 0.5) is 0 Å². The minimum absolute atomic E-state index is 1.09. The maximum absolute atomic E-state index is 4.01. The summed E-state index contributed by atoms with van der Waals surface area (Å²) in [4.78, 5) is 5.33. The molecular weight excluding hydrogens is 282 g/mol. The summed E-state index contributed by atoms with van der Waals surface area (Å²) in [6, 6.07) is 12.6. The standard InChI is InChI=1S/C13H12BrNS/c14-12-1-3-13(4-2-12)16-10-7-11-5-8-15-9-6-11/h1-6,8-9H,7,10H2. The Balaban J connectivity index is 1.82. The van der Waals surface area contributed by atoms with Gasteiger partial charge in [-0.3, -0.25) is 4.98 Å². The monoisotopic (exact) mass is 293 g/mol. The molecule has 0 aliphatic rings. The molecule has 1 aromatic carbocycles. The molecule has 1 nitrogen and oxygen atoms in total. The molecule has 1 heterocycles. The second kappa shape index (κ2) is 6.06. The normalized spacial score (nSPS) is 10.3. The van der Waals surface area contributed by atoms with Gasteiger partial charge in [0, 0.05) is 27.5 Å². The number of aryl methyl sites for hydroxylation is 1. The Kier molecular flexibility index (Phi) is 4.43. The maximum Gasteiger partial charge on any atom is 0.0270 e. The molecule has 0 unspecified atom stereocenters. The topological polar surface area (TPSA) is 12.9 Å². The molecule has 1 aromatic heterocycles. The molecule has 2 aromatic rings. The summed E-state index contributed by atoms with van der Waals surface area (Å²) in [5, 5.41) is 0. The van der Waals surface area contributed by atoms with Gasteiger partial charge in [-0.15, -0.1) is 11.8 Å². The largest absolute Gasteiger partial charge is 0.265 e. The average Bonchev–Trinajstić information content (AvgIpc) is 2.33. The smallest absolute Gasteiger partial charge is 0.0270 e. The van der Waals surface area contributed by atoms with Gasteiger partial charge in [0.25, 0.3) is 0 Å². The van der Waals surface area contributed by atoms with Crippen molar-refractivity contribution in [2.75, 3.05) is 5.75 Å². The first-order valence-corrected chi connectivity index (χ1v) is 6.90. The molecule has 0 aliphatic heterocycles. The number of rotatable bonds is 4. The SMILES string of the molecule is Brc1ccc(SCCc2ccncc2)cc1. The zero-order valence-electron chi connectivity index (χ0n) is 8.77. The summed E-state index contributed by atoms with van der Waals surface area (Å²) >= 11 is 5.32. The molecule has 0 amide bonds. The first-order valence-electron chi connectivity index (χ1n) is 5.12. The van der Waals surface area contributed by atoms with Crippen LogP contribution in [0.25, 0.3) is 0 Å². The molecule has 82 valence electrons. The van der Waals surface area contributed by atoms with Gasteiger partial charge in [-0.1, -0.05) is 15.9 Å². The van der Waals surface area contributed by atoms with Crippen LogP contribution in [-0.2, 0) is 6.42 Å². The molecule has 0 fully saturated rings.